The summed E-state index contributed by atoms with van der Waals surface area (Å²) in [4.78, 5) is 14.3. The molecule has 3 N–H and O–H groups in total. The molecule has 0 aromatic carbocycles. The van der Waals surface area contributed by atoms with Crippen molar-refractivity contribution in [2.24, 2.45) is 11.8 Å². The van der Waals surface area contributed by atoms with Crippen molar-refractivity contribution in [2.75, 3.05) is 13.6 Å². The summed E-state index contributed by atoms with van der Waals surface area (Å²) >= 11 is 0. The third-order valence-corrected chi connectivity index (χ3v) is 5.47. The predicted molar refractivity (Wildman–Crippen MR) is 97.1 cm³/mol. The zero-order valence-electron chi connectivity index (χ0n) is 16.4. The third-order valence-electron chi connectivity index (χ3n) is 5.47. The van der Waals surface area contributed by atoms with Gasteiger partial charge in [0.2, 0.25) is 0 Å². The topological polar surface area (TPSA) is 90.2 Å². The number of esters is 1. The molecule has 148 valence electrons. The van der Waals surface area contributed by atoms with Crippen molar-refractivity contribution >= 4 is 5.97 Å². The lowest BCUT2D eigenvalue weighted by Gasteiger charge is -2.34. The van der Waals surface area contributed by atoms with Gasteiger partial charge in [0, 0.05) is 6.04 Å². The molecule has 0 aromatic rings. The van der Waals surface area contributed by atoms with Crippen LogP contribution in [0.15, 0.2) is 0 Å². The number of hydrogen-bond acceptors (Lipinski definition) is 6. The van der Waals surface area contributed by atoms with E-state index in [-0.39, 0.29) is 30.0 Å². The van der Waals surface area contributed by atoms with Gasteiger partial charge in [-0.15, -0.1) is 0 Å². The maximum absolute atomic E-state index is 12.4. The molecule has 1 heterocycles. The molecule has 0 radical (unpaired) electrons. The van der Waals surface area contributed by atoms with E-state index in [1.54, 1.807) is 0 Å². The highest BCUT2D eigenvalue weighted by atomic mass is 16.6. The van der Waals surface area contributed by atoms with Crippen molar-refractivity contribution in [2.45, 2.75) is 90.3 Å². The molecule has 7 atom stereocenters. The Kier molecular flexibility index (Phi) is 9.35. The highest BCUT2D eigenvalue weighted by Crippen LogP contribution is 2.23. The molecule has 1 unspecified atom stereocenters. The van der Waals surface area contributed by atoms with Crippen LogP contribution in [0.5, 0.6) is 0 Å². The van der Waals surface area contributed by atoms with E-state index in [1.165, 1.54) is 0 Å². The maximum Gasteiger partial charge on any atom is 0.309 e. The first-order valence-corrected chi connectivity index (χ1v) is 9.62. The van der Waals surface area contributed by atoms with Crippen molar-refractivity contribution in [1.29, 1.82) is 0 Å². The molecule has 0 amide bonds. The SMILES string of the molecule is CC[C@@H]1OC(=O)[C@H](C)CC(C)C[C@H](O)CCCN(C)[C@H](C)[C@@H](O)[C@@H]1O. The first kappa shape index (κ1) is 22.4. The number of rotatable bonds is 1. The Bertz CT molecular complexity index is 405. The van der Waals surface area contributed by atoms with E-state index in [2.05, 4.69) is 0 Å². The van der Waals surface area contributed by atoms with Crippen LogP contribution in [0.1, 0.15) is 59.8 Å². The zero-order chi connectivity index (χ0) is 19.1. The Morgan fingerprint density at radius 2 is 1.76 bits per heavy atom. The van der Waals surface area contributed by atoms with Crippen LogP contribution in [0.4, 0.5) is 0 Å². The van der Waals surface area contributed by atoms with Gasteiger partial charge >= 0.3 is 5.97 Å². The zero-order valence-corrected chi connectivity index (χ0v) is 16.4. The summed E-state index contributed by atoms with van der Waals surface area (Å²) in [5.74, 6) is -0.434. The fourth-order valence-corrected chi connectivity index (χ4v) is 3.58. The van der Waals surface area contributed by atoms with Crippen LogP contribution in [0.3, 0.4) is 0 Å². The van der Waals surface area contributed by atoms with E-state index in [9.17, 15) is 20.1 Å². The quantitative estimate of drug-likeness (QED) is 0.616. The second kappa shape index (κ2) is 10.5. The lowest BCUT2D eigenvalue weighted by atomic mass is 9.91. The van der Waals surface area contributed by atoms with Gasteiger partial charge in [-0.1, -0.05) is 20.8 Å². The largest absolute Gasteiger partial charge is 0.459 e. The highest BCUT2D eigenvalue weighted by molar-refractivity contribution is 5.72. The molecule has 6 heteroatoms. The molecule has 1 aliphatic rings. The fraction of sp³-hybridized carbons (Fsp3) is 0.947. The Morgan fingerprint density at radius 1 is 1.12 bits per heavy atom. The lowest BCUT2D eigenvalue weighted by molar-refractivity contribution is -0.167. The number of ether oxygens (including phenoxy) is 1. The minimum Gasteiger partial charge on any atom is -0.459 e. The summed E-state index contributed by atoms with van der Waals surface area (Å²) in [6, 6.07) is -0.277. The van der Waals surface area contributed by atoms with Crippen LogP contribution >= 0.6 is 0 Å². The van der Waals surface area contributed by atoms with Gasteiger partial charge in [0.15, 0.2) is 0 Å². The smallest absolute Gasteiger partial charge is 0.309 e. The number of carbonyl (C=O) groups is 1. The van der Waals surface area contributed by atoms with Gasteiger partial charge in [0.05, 0.1) is 18.1 Å². The molecule has 6 nitrogen and oxygen atoms in total. The van der Waals surface area contributed by atoms with Crippen LogP contribution in [-0.2, 0) is 9.53 Å². The van der Waals surface area contributed by atoms with Gasteiger partial charge in [-0.25, -0.2) is 0 Å². The maximum atomic E-state index is 12.4. The Hall–Kier alpha value is -0.690. The van der Waals surface area contributed by atoms with Crippen molar-refractivity contribution in [1.82, 2.24) is 4.90 Å². The summed E-state index contributed by atoms with van der Waals surface area (Å²) in [7, 11) is 1.89. The summed E-state index contributed by atoms with van der Waals surface area (Å²) < 4.78 is 5.50. The summed E-state index contributed by atoms with van der Waals surface area (Å²) in [5, 5.41) is 31.2. The minimum atomic E-state index is -1.12. The Morgan fingerprint density at radius 3 is 2.36 bits per heavy atom. The standard InChI is InChI=1S/C19H37NO5/c1-6-16-18(23)17(22)14(4)20(5)9-7-8-15(21)11-12(2)10-13(3)19(24)25-16/h12-18,21-23H,6-11H2,1-5H3/t12?,13-,14-,15-,16+,17-,18-/m1/s1. The molecule has 1 saturated heterocycles. The molecule has 0 aromatic heterocycles. The fourth-order valence-electron chi connectivity index (χ4n) is 3.58. The van der Waals surface area contributed by atoms with E-state index in [1.807, 2.05) is 39.6 Å². The molecule has 1 aliphatic heterocycles. The van der Waals surface area contributed by atoms with Gasteiger partial charge in [0.25, 0.3) is 0 Å². The number of hydrogen-bond donors (Lipinski definition) is 3. The normalized spacial score (nSPS) is 40.8. The predicted octanol–water partition coefficient (Wildman–Crippen LogP) is 1.56. The van der Waals surface area contributed by atoms with E-state index in [0.29, 0.717) is 25.7 Å². The summed E-state index contributed by atoms with van der Waals surface area (Å²) in [6.45, 7) is 8.26. The van der Waals surface area contributed by atoms with E-state index in [4.69, 9.17) is 4.74 Å². The van der Waals surface area contributed by atoms with Crippen molar-refractivity contribution < 1.29 is 24.9 Å². The van der Waals surface area contributed by atoms with E-state index >= 15 is 0 Å². The van der Waals surface area contributed by atoms with Crippen LogP contribution in [0, 0.1) is 11.8 Å². The number of aliphatic hydroxyl groups is 3. The third kappa shape index (κ3) is 6.85. The van der Waals surface area contributed by atoms with Crippen LogP contribution in [-0.4, -0.2) is 70.2 Å². The van der Waals surface area contributed by atoms with Gasteiger partial charge < -0.3 is 25.0 Å². The van der Waals surface area contributed by atoms with Crippen molar-refractivity contribution in [3.8, 4) is 0 Å². The van der Waals surface area contributed by atoms with Crippen molar-refractivity contribution in [3.63, 3.8) is 0 Å². The van der Waals surface area contributed by atoms with Crippen LogP contribution < -0.4 is 0 Å². The van der Waals surface area contributed by atoms with E-state index in [0.717, 1.165) is 13.0 Å². The second-order valence-corrected chi connectivity index (χ2v) is 7.86. The molecule has 0 bridgehead atoms. The lowest BCUT2D eigenvalue weighted by Crippen LogP contribution is -2.50. The highest BCUT2D eigenvalue weighted by Gasteiger charge is 2.34. The molecule has 0 aliphatic carbocycles. The first-order valence-electron chi connectivity index (χ1n) is 9.62. The Labute approximate surface area is 152 Å². The molecular weight excluding hydrogens is 322 g/mol. The average Bonchev–Trinajstić information content (AvgIpc) is 2.56. The molecule has 0 spiro atoms. The number of cyclic esters (lactones) is 1. The monoisotopic (exact) mass is 359 g/mol. The van der Waals surface area contributed by atoms with Gasteiger partial charge in [-0.3, -0.25) is 4.79 Å². The number of carbonyl (C=O) groups excluding carboxylic acids is 1. The number of likely N-dealkylation sites (N-methyl/N-ethyl adjacent to an activating group) is 1. The first-order chi connectivity index (χ1) is 11.7. The van der Waals surface area contributed by atoms with Gasteiger partial charge in [0.1, 0.15) is 12.2 Å². The number of nitrogens with zero attached hydrogens (tertiary/aromatic N) is 1. The molecular formula is C19H37NO5. The van der Waals surface area contributed by atoms with Gasteiger partial charge in [-0.2, -0.15) is 0 Å². The average molecular weight is 360 g/mol. The number of aliphatic hydroxyl groups excluding tert-OH is 3. The van der Waals surface area contributed by atoms with Gasteiger partial charge in [-0.05, 0) is 58.5 Å². The molecule has 1 fully saturated rings. The second-order valence-electron chi connectivity index (χ2n) is 7.86. The van der Waals surface area contributed by atoms with E-state index < -0.39 is 18.3 Å². The van der Waals surface area contributed by atoms with Crippen LogP contribution in [0.2, 0.25) is 0 Å². The Balaban J connectivity index is 2.93. The minimum absolute atomic E-state index is 0.218. The van der Waals surface area contributed by atoms with Crippen molar-refractivity contribution in [3.05, 3.63) is 0 Å². The van der Waals surface area contributed by atoms with Crippen LogP contribution in [0.25, 0.3) is 0 Å². The molecule has 0 saturated carbocycles. The molecule has 25 heavy (non-hydrogen) atoms. The molecule has 1 rings (SSSR count). The summed E-state index contributed by atoms with van der Waals surface area (Å²) in [6.07, 6.45) is 0.0367. The summed E-state index contributed by atoms with van der Waals surface area (Å²) in [5.41, 5.74) is 0.